The van der Waals surface area contributed by atoms with Crippen molar-refractivity contribution in [2.75, 3.05) is 13.2 Å². The average molecular weight is 466 g/mol. The summed E-state index contributed by atoms with van der Waals surface area (Å²) < 4.78 is 5.07. The minimum absolute atomic E-state index is 0.0638. The summed E-state index contributed by atoms with van der Waals surface area (Å²) in [5.41, 5.74) is -0.0181. The SMILES string of the molecule is CCOC(=O)/C(C)=C/[C@@H](NC(=O)C(NC(=O)C1CCCCN1C(C)CC)C(C)(C)C)C(C)C. The molecule has 1 rings (SSSR count). The molecule has 2 N–H and O–H groups in total. The molecule has 2 amide bonds. The molecule has 0 aliphatic carbocycles. The second-order valence-corrected chi connectivity index (χ2v) is 10.7. The first-order valence-electron chi connectivity index (χ1n) is 12.5. The van der Waals surface area contributed by atoms with E-state index in [1.165, 1.54) is 0 Å². The molecule has 4 atom stereocenters. The number of nitrogens with one attached hydrogen (secondary N) is 2. The quantitative estimate of drug-likeness (QED) is 0.378. The van der Waals surface area contributed by atoms with E-state index >= 15 is 0 Å². The van der Waals surface area contributed by atoms with Gasteiger partial charge in [-0.25, -0.2) is 4.79 Å². The predicted molar refractivity (Wildman–Crippen MR) is 133 cm³/mol. The summed E-state index contributed by atoms with van der Waals surface area (Å²) in [4.78, 5) is 41.1. The molecule has 190 valence electrons. The van der Waals surface area contributed by atoms with Crippen molar-refractivity contribution in [1.29, 1.82) is 0 Å². The Labute approximate surface area is 201 Å². The molecule has 3 unspecified atom stereocenters. The number of piperidine rings is 1. The van der Waals surface area contributed by atoms with Crippen LogP contribution in [0.2, 0.25) is 0 Å². The molecule has 7 heteroatoms. The summed E-state index contributed by atoms with van der Waals surface area (Å²) in [6, 6.07) is -0.930. The third kappa shape index (κ3) is 8.76. The summed E-state index contributed by atoms with van der Waals surface area (Å²) in [7, 11) is 0. The van der Waals surface area contributed by atoms with Crippen LogP contribution in [-0.4, -0.2) is 60.0 Å². The molecule has 1 aliphatic heterocycles. The predicted octanol–water partition coefficient (Wildman–Crippen LogP) is 3.82. The lowest BCUT2D eigenvalue weighted by molar-refractivity contribution is -0.138. The smallest absolute Gasteiger partial charge is 0.333 e. The lowest BCUT2D eigenvalue weighted by Gasteiger charge is -2.40. The zero-order chi connectivity index (χ0) is 25.3. The third-order valence-corrected chi connectivity index (χ3v) is 6.47. The molecule has 0 aromatic heterocycles. The monoisotopic (exact) mass is 465 g/mol. The normalized spacial score (nSPS) is 20.7. The number of amides is 2. The molecular weight excluding hydrogens is 418 g/mol. The fraction of sp³-hybridized carbons (Fsp3) is 0.808. The van der Waals surface area contributed by atoms with Crippen molar-refractivity contribution >= 4 is 17.8 Å². The first kappa shape index (κ1) is 29.1. The number of hydrogen-bond donors (Lipinski definition) is 2. The topological polar surface area (TPSA) is 87.7 Å². The zero-order valence-corrected chi connectivity index (χ0v) is 22.3. The van der Waals surface area contributed by atoms with Gasteiger partial charge in [0.25, 0.3) is 0 Å². The number of carbonyl (C=O) groups excluding carboxylic acids is 3. The van der Waals surface area contributed by atoms with E-state index < -0.39 is 11.5 Å². The van der Waals surface area contributed by atoms with Crippen molar-refractivity contribution in [3.05, 3.63) is 11.6 Å². The number of ether oxygens (including phenoxy) is 1. The van der Waals surface area contributed by atoms with Crippen LogP contribution in [0.4, 0.5) is 0 Å². The number of hydrogen-bond acceptors (Lipinski definition) is 5. The van der Waals surface area contributed by atoms with Gasteiger partial charge >= 0.3 is 5.97 Å². The van der Waals surface area contributed by atoms with Crippen LogP contribution >= 0.6 is 0 Å². The van der Waals surface area contributed by atoms with E-state index in [1.807, 2.05) is 34.6 Å². The molecule has 33 heavy (non-hydrogen) atoms. The Hall–Kier alpha value is -1.89. The van der Waals surface area contributed by atoms with Gasteiger partial charge in [-0.05, 0) is 57.9 Å². The summed E-state index contributed by atoms with van der Waals surface area (Å²) in [6.07, 6.45) is 5.65. The number of likely N-dealkylation sites (tertiary alicyclic amines) is 1. The van der Waals surface area contributed by atoms with Gasteiger partial charge in [-0.15, -0.1) is 0 Å². The number of nitrogens with zero attached hydrogens (tertiary/aromatic N) is 1. The molecule has 0 spiro atoms. The molecule has 0 aromatic rings. The largest absolute Gasteiger partial charge is 0.463 e. The van der Waals surface area contributed by atoms with E-state index in [2.05, 4.69) is 29.4 Å². The first-order valence-corrected chi connectivity index (χ1v) is 12.5. The van der Waals surface area contributed by atoms with Gasteiger partial charge in [-0.3, -0.25) is 14.5 Å². The van der Waals surface area contributed by atoms with E-state index in [-0.39, 0.29) is 35.8 Å². The number of esters is 1. The highest BCUT2D eigenvalue weighted by Crippen LogP contribution is 2.24. The van der Waals surface area contributed by atoms with Crippen LogP contribution in [0.3, 0.4) is 0 Å². The Bertz CT molecular complexity index is 696. The fourth-order valence-electron chi connectivity index (χ4n) is 4.14. The standard InChI is InChI=1S/C26H47N3O4/c1-10-19(6)29-15-13-12-14-21(29)23(30)28-22(26(7,8)9)24(31)27-20(17(3)4)16-18(5)25(32)33-11-2/h16-17,19-22H,10-15H2,1-9H3,(H,27,31)(H,28,30)/b18-16+/t19?,20-,21?,22?/m1/s1. The van der Waals surface area contributed by atoms with Gasteiger partial charge in [0.2, 0.25) is 11.8 Å². The van der Waals surface area contributed by atoms with Crippen LogP contribution in [-0.2, 0) is 19.1 Å². The van der Waals surface area contributed by atoms with Crippen LogP contribution in [0.25, 0.3) is 0 Å². The Morgan fingerprint density at radius 3 is 2.24 bits per heavy atom. The van der Waals surface area contributed by atoms with Gasteiger partial charge in [-0.1, -0.05) is 54.0 Å². The van der Waals surface area contributed by atoms with E-state index in [9.17, 15) is 14.4 Å². The molecule has 1 saturated heterocycles. The van der Waals surface area contributed by atoms with Gasteiger partial charge in [-0.2, -0.15) is 0 Å². The van der Waals surface area contributed by atoms with Crippen molar-refractivity contribution in [3.8, 4) is 0 Å². The van der Waals surface area contributed by atoms with Crippen LogP contribution in [0.5, 0.6) is 0 Å². The van der Waals surface area contributed by atoms with E-state index in [4.69, 9.17) is 4.74 Å². The highest BCUT2D eigenvalue weighted by Gasteiger charge is 2.38. The maximum atomic E-state index is 13.4. The molecule has 1 fully saturated rings. The van der Waals surface area contributed by atoms with Gasteiger partial charge in [0, 0.05) is 11.6 Å². The van der Waals surface area contributed by atoms with E-state index in [0.29, 0.717) is 18.2 Å². The molecule has 1 heterocycles. The second kappa shape index (κ2) is 13.1. The zero-order valence-electron chi connectivity index (χ0n) is 22.3. The van der Waals surface area contributed by atoms with Gasteiger partial charge in [0.1, 0.15) is 6.04 Å². The summed E-state index contributed by atoms with van der Waals surface area (Å²) in [6.45, 7) is 18.8. The minimum Gasteiger partial charge on any atom is -0.463 e. The molecule has 7 nitrogen and oxygen atoms in total. The molecule has 1 aliphatic rings. The Balaban J connectivity index is 3.05. The molecule has 0 bridgehead atoms. The minimum atomic E-state index is -0.691. The van der Waals surface area contributed by atoms with Crippen molar-refractivity contribution in [1.82, 2.24) is 15.5 Å². The maximum absolute atomic E-state index is 13.4. The van der Waals surface area contributed by atoms with E-state index in [0.717, 1.165) is 32.2 Å². The average Bonchev–Trinajstić information content (AvgIpc) is 2.75. The van der Waals surface area contributed by atoms with Crippen molar-refractivity contribution in [2.45, 2.75) is 112 Å². The fourth-order valence-corrected chi connectivity index (χ4v) is 4.14. The molecule has 0 aromatic carbocycles. The number of rotatable bonds is 10. The highest BCUT2D eigenvalue weighted by molar-refractivity contribution is 5.91. The van der Waals surface area contributed by atoms with E-state index in [1.54, 1.807) is 19.9 Å². The summed E-state index contributed by atoms with van der Waals surface area (Å²) in [5, 5.41) is 6.12. The maximum Gasteiger partial charge on any atom is 0.333 e. The third-order valence-electron chi connectivity index (χ3n) is 6.47. The van der Waals surface area contributed by atoms with Crippen LogP contribution < -0.4 is 10.6 Å². The summed E-state index contributed by atoms with van der Waals surface area (Å²) >= 11 is 0. The highest BCUT2D eigenvalue weighted by atomic mass is 16.5. The van der Waals surface area contributed by atoms with Crippen molar-refractivity contribution in [3.63, 3.8) is 0 Å². The van der Waals surface area contributed by atoms with Crippen molar-refractivity contribution in [2.24, 2.45) is 11.3 Å². The lowest BCUT2D eigenvalue weighted by atomic mass is 9.85. The Kier molecular flexibility index (Phi) is 11.6. The second-order valence-electron chi connectivity index (χ2n) is 10.7. The van der Waals surface area contributed by atoms with Crippen LogP contribution in [0.1, 0.15) is 88.0 Å². The Morgan fingerprint density at radius 1 is 1.09 bits per heavy atom. The van der Waals surface area contributed by atoms with Crippen LogP contribution in [0.15, 0.2) is 11.6 Å². The van der Waals surface area contributed by atoms with Gasteiger partial charge < -0.3 is 15.4 Å². The Morgan fingerprint density at radius 2 is 1.73 bits per heavy atom. The van der Waals surface area contributed by atoms with Crippen molar-refractivity contribution < 1.29 is 19.1 Å². The summed E-state index contributed by atoms with van der Waals surface area (Å²) in [5.74, 6) is -0.646. The molecule has 0 saturated carbocycles. The molecular formula is C26H47N3O4. The van der Waals surface area contributed by atoms with Gasteiger partial charge in [0.15, 0.2) is 0 Å². The number of carbonyl (C=O) groups is 3. The lowest BCUT2D eigenvalue weighted by Crippen LogP contribution is -2.60. The van der Waals surface area contributed by atoms with Crippen LogP contribution in [0, 0.1) is 11.3 Å². The molecule has 0 radical (unpaired) electrons. The first-order chi connectivity index (χ1) is 15.3. The van der Waals surface area contributed by atoms with Gasteiger partial charge in [0.05, 0.1) is 18.7 Å².